The van der Waals surface area contributed by atoms with E-state index in [0.717, 1.165) is 17.0 Å². The number of anilines is 2. The first-order chi connectivity index (χ1) is 10.7. The molecule has 112 valence electrons. The highest BCUT2D eigenvalue weighted by molar-refractivity contribution is 6.03. The molecule has 22 heavy (non-hydrogen) atoms. The van der Waals surface area contributed by atoms with Crippen LogP contribution in [0.1, 0.15) is 12.0 Å². The minimum absolute atomic E-state index is 0.0128. The van der Waals surface area contributed by atoms with E-state index in [1.54, 1.807) is 23.1 Å². The van der Waals surface area contributed by atoms with Crippen LogP contribution in [0.25, 0.3) is 0 Å². The van der Waals surface area contributed by atoms with E-state index in [-0.39, 0.29) is 11.7 Å². The molecule has 1 heterocycles. The summed E-state index contributed by atoms with van der Waals surface area (Å²) in [5.41, 5.74) is 2.55. The van der Waals surface area contributed by atoms with Gasteiger partial charge in [-0.2, -0.15) is 0 Å². The number of benzene rings is 2. The Morgan fingerprint density at radius 2 is 1.95 bits per heavy atom. The molecular weight excluding hydrogens is 281 g/mol. The van der Waals surface area contributed by atoms with Gasteiger partial charge in [0, 0.05) is 12.1 Å². The van der Waals surface area contributed by atoms with Crippen molar-refractivity contribution in [1.82, 2.24) is 0 Å². The fourth-order valence-corrected chi connectivity index (χ4v) is 2.59. The molecule has 2 aromatic rings. The van der Waals surface area contributed by atoms with Gasteiger partial charge in [-0.1, -0.05) is 12.7 Å². The summed E-state index contributed by atoms with van der Waals surface area (Å²) in [7, 11) is 0. The Balaban J connectivity index is 1.98. The number of hydrogen-bond donors (Lipinski definition) is 0. The van der Waals surface area contributed by atoms with Crippen LogP contribution in [0.4, 0.5) is 15.8 Å². The van der Waals surface area contributed by atoms with E-state index in [0.29, 0.717) is 25.1 Å². The maximum atomic E-state index is 13.1. The highest BCUT2D eigenvalue weighted by Gasteiger charge is 2.25. The topological polar surface area (TPSA) is 29.5 Å². The van der Waals surface area contributed by atoms with Crippen molar-refractivity contribution in [3.8, 4) is 5.75 Å². The van der Waals surface area contributed by atoms with Gasteiger partial charge in [0.2, 0.25) is 5.91 Å². The van der Waals surface area contributed by atoms with Gasteiger partial charge in [-0.15, -0.1) is 0 Å². The van der Waals surface area contributed by atoms with E-state index >= 15 is 0 Å². The van der Waals surface area contributed by atoms with E-state index in [1.807, 2.05) is 18.2 Å². The molecule has 0 aliphatic carbocycles. The van der Waals surface area contributed by atoms with E-state index in [9.17, 15) is 9.18 Å². The lowest BCUT2D eigenvalue weighted by atomic mass is 10.00. The van der Waals surface area contributed by atoms with Crippen LogP contribution < -0.4 is 9.64 Å². The summed E-state index contributed by atoms with van der Waals surface area (Å²) in [4.78, 5) is 13.9. The molecule has 0 unspecified atom stereocenters. The normalized spacial score (nSPS) is 13.7. The highest BCUT2D eigenvalue weighted by Crippen LogP contribution is 2.36. The van der Waals surface area contributed by atoms with E-state index in [1.165, 1.54) is 12.1 Å². The number of halogens is 1. The van der Waals surface area contributed by atoms with Crippen LogP contribution in [-0.2, 0) is 11.2 Å². The lowest BCUT2D eigenvalue weighted by Gasteiger charge is -2.29. The van der Waals surface area contributed by atoms with Gasteiger partial charge in [0.15, 0.2) is 0 Å². The van der Waals surface area contributed by atoms with Crippen molar-refractivity contribution in [3.63, 3.8) is 0 Å². The smallest absolute Gasteiger partial charge is 0.231 e. The molecule has 0 saturated carbocycles. The molecule has 0 atom stereocenters. The maximum Gasteiger partial charge on any atom is 0.231 e. The van der Waals surface area contributed by atoms with Crippen LogP contribution >= 0.6 is 0 Å². The number of carbonyl (C=O) groups is 1. The number of aryl methyl sites for hydroxylation is 1. The predicted molar refractivity (Wildman–Crippen MR) is 84.0 cm³/mol. The Morgan fingerprint density at radius 3 is 2.68 bits per heavy atom. The second-order valence-corrected chi connectivity index (χ2v) is 5.10. The minimum Gasteiger partial charge on any atom is -0.490 e. The molecule has 2 aromatic carbocycles. The fourth-order valence-electron chi connectivity index (χ4n) is 2.59. The lowest BCUT2D eigenvalue weighted by molar-refractivity contribution is -0.118. The van der Waals surface area contributed by atoms with Gasteiger partial charge in [-0.3, -0.25) is 9.69 Å². The molecular formula is C18H16FNO2. The maximum absolute atomic E-state index is 13.1. The highest BCUT2D eigenvalue weighted by atomic mass is 19.1. The van der Waals surface area contributed by atoms with Crippen molar-refractivity contribution < 1.29 is 13.9 Å². The third-order valence-electron chi connectivity index (χ3n) is 3.60. The van der Waals surface area contributed by atoms with Gasteiger partial charge in [-0.05, 0) is 54.4 Å². The van der Waals surface area contributed by atoms with Gasteiger partial charge < -0.3 is 4.74 Å². The number of hydrogen-bond acceptors (Lipinski definition) is 2. The van der Waals surface area contributed by atoms with Gasteiger partial charge >= 0.3 is 0 Å². The van der Waals surface area contributed by atoms with E-state index < -0.39 is 0 Å². The summed E-state index contributed by atoms with van der Waals surface area (Å²) < 4.78 is 18.6. The lowest BCUT2D eigenvalue weighted by Crippen LogP contribution is -2.30. The average Bonchev–Trinajstić information content (AvgIpc) is 2.54. The third-order valence-corrected chi connectivity index (χ3v) is 3.60. The number of fused-ring (bicyclic) bond motifs is 1. The van der Waals surface area contributed by atoms with Crippen molar-refractivity contribution in [3.05, 3.63) is 66.5 Å². The molecule has 0 N–H and O–H groups in total. The first-order valence-corrected chi connectivity index (χ1v) is 7.14. The molecule has 0 saturated heterocycles. The molecule has 1 amide bonds. The van der Waals surface area contributed by atoms with Crippen LogP contribution in [0, 0.1) is 5.82 Å². The van der Waals surface area contributed by atoms with Gasteiger partial charge in [0.25, 0.3) is 0 Å². The number of nitrogens with zero attached hydrogens (tertiary/aromatic N) is 1. The average molecular weight is 297 g/mol. The predicted octanol–water partition coefficient (Wildman–Crippen LogP) is 4.00. The Morgan fingerprint density at radius 1 is 1.18 bits per heavy atom. The Kier molecular flexibility index (Phi) is 3.92. The monoisotopic (exact) mass is 297 g/mol. The van der Waals surface area contributed by atoms with Crippen molar-refractivity contribution in [2.75, 3.05) is 11.5 Å². The van der Waals surface area contributed by atoms with Crippen LogP contribution in [0.3, 0.4) is 0 Å². The molecule has 0 spiro atoms. The molecule has 0 fully saturated rings. The first-order valence-electron chi connectivity index (χ1n) is 7.14. The molecule has 3 rings (SSSR count). The van der Waals surface area contributed by atoms with Crippen molar-refractivity contribution in [1.29, 1.82) is 0 Å². The van der Waals surface area contributed by atoms with Crippen LogP contribution in [-0.4, -0.2) is 12.5 Å². The number of rotatable bonds is 4. The number of carbonyl (C=O) groups excluding carboxylic acids is 1. The first kappa shape index (κ1) is 14.3. The second kappa shape index (κ2) is 6.02. The summed E-state index contributed by atoms with van der Waals surface area (Å²) in [5.74, 6) is 0.451. The fraction of sp³-hybridized carbons (Fsp3) is 0.167. The van der Waals surface area contributed by atoms with Crippen LogP contribution in [0.5, 0.6) is 5.75 Å². The van der Waals surface area contributed by atoms with Crippen LogP contribution in [0.15, 0.2) is 55.1 Å². The zero-order valence-electron chi connectivity index (χ0n) is 12.1. The van der Waals surface area contributed by atoms with E-state index in [2.05, 4.69) is 6.58 Å². The summed E-state index contributed by atoms with van der Waals surface area (Å²) in [5, 5.41) is 0. The van der Waals surface area contributed by atoms with Gasteiger partial charge in [-0.25, -0.2) is 4.39 Å². The summed E-state index contributed by atoms with van der Waals surface area (Å²) in [6.45, 7) is 4.07. The minimum atomic E-state index is -0.318. The van der Waals surface area contributed by atoms with Crippen LogP contribution in [0.2, 0.25) is 0 Å². The van der Waals surface area contributed by atoms with Gasteiger partial charge in [0.1, 0.15) is 18.2 Å². The number of amides is 1. The number of ether oxygens (including phenoxy) is 1. The Labute approximate surface area is 128 Å². The quantitative estimate of drug-likeness (QED) is 0.798. The largest absolute Gasteiger partial charge is 0.490 e. The second-order valence-electron chi connectivity index (χ2n) is 5.10. The third kappa shape index (κ3) is 2.72. The summed E-state index contributed by atoms with van der Waals surface area (Å²) >= 11 is 0. The molecule has 0 aromatic heterocycles. The van der Waals surface area contributed by atoms with Crippen molar-refractivity contribution in [2.45, 2.75) is 12.8 Å². The molecule has 0 bridgehead atoms. The molecule has 0 radical (unpaired) electrons. The Bertz CT molecular complexity index is 710. The van der Waals surface area contributed by atoms with Crippen molar-refractivity contribution >= 4 is 17.3 Å². The zero-order valence-corrected chi connectivity index (χ0v) is 12.1. The molecule has 3 nitrogen and oxygen atoms in total. The summed E-state index contributed by atoms with van der Waals surface area (Å²) in [6.07, 6.45) is 2.79. The standard InChI is InChI=1S/C18H16FNO2/c1-2-11-22-16-8-9-17-13(12-16)3-10-18(21)20(17)15-6-4-14(19)5-7-15/h2,4-9,12H,1,3,10-11H2. The molecule has 4 heteroatoms. The zero-order chi connectivity index (χ0) is 15.5. The van der Waals surface area contributed by atoms with E-state index in [4.69, 9.17) is 4.74 Å². The summed E-state index contributed by atoms with van der Waals surface area (Å²) in [6, 6.07) is 11.6. The molecule has 1 aliphatic heterocycles. The van der Waals surface area contributed by atoms with Gasteiger partial charge in [0.05, 0.1) is 5.69 Å². The Hall–Kier alpha value is -2.62. The SMILES string of the molecule is C=CCOc1ccc2c(c1)CCC(=O)N2c1ccc(F)cc1. The molecule has 1 aliphatic rings. The van der Waals surface area contributed by atoms with Crippen molar-refractivity contribution in [2.24, 2.45) is 0 Å².